The summed E-state index contributed by atoms with van der Waals surface area (Å²) in [6, 6.07) is 6.90. The van der Waals surface area contributed by atoms with Crippen LogP contribution in [-0.4, -0.2) is 46.4 Å². The molecule has 130 valence electrons. The largest absolute Gasteiger partial charge is 0.393 e. The van der Waals surface area contributed by atoms with E-state index in [4.69, 9.17) is 4.74 Å². The zero-order valence-electron chi connectivity index (χ0n) is 14.9. The number of para-hydroxylation sites is 1. The Morgan fingerprint density at radius 3 is 2.96 bits per heavy atom. The van der Waals surface area contributed by atoms with Crippen LogP contribution in [0.15, 0.2) is 18.2 Å². The molecule has 1 aliphatic carbocycles. The van der Waals surface area contributed by atoms with Crippen molar-refractivity contribution >= 4 is 10.9 Å². The third-order valence-corrected chi connectivity index (χ3v) is 6.48. The van der Waals surface area contributed by atoms with Crippen molar-refractivity contribution in [2.75, 3.05) is 13.7 Å². The molecule has 0 unspecified atom stereocenters. The van der Waals surface area contributed by atoms with Crippen LogP contribution in [0.25, 0.3) is 10.9 Å². The standard InChI is InChI=1S/C20H28N2O2/c1-13-14(2)21-19-15(5-4-6-17(13)19)12-22-10-9-20(24-3)8-7-16(23)11-18(20)22/h4-6,16,18,21,23H,7-12H2,1-3H3/t16-,18-,20+/m0/s1. The Hall–Kier alpha value is -1.36. The third-order valence-electron chi connectivity index (χ3n) is 6.48. The number of hydrogen-bond acceptors (Lipinski definition) is 3. The number of likely N-dealkylation sites (tertiary alicyclic amines) is 1. The minimum absolute atomic E-state index is 0.0608. The van der Waals surface area contributed by atoms with Crippen LogP contribution in [0.2, 0.25) is 0 Å². The maximum absolute atomic E-state index is 10.2. The van der Waals surface area contributed by atoms with Crippen LogP contribution in [0, 0.1) is 13.8 Å². The van der Waals surface area contributed by atoms with E-state index in [1.807, 2.05) is 7.11 Å². The molecule has 4 heteroatoms. The Morgan fingerprint density at radius 1 is 1.33 bits per heavy atom. The number of benzene rings is 1. The van der Waals surface area contributed by atoms with Gasteiger partial charge in [0.05, 0.1) is 17.2 Å². The van der Waals surface area contributed by atoms with E-state index in [1.54, 1.807) is 0 Å². The molecule has 2 N–H and O–H groups in total. The maximum Gasteiger partial charge on any atom is 0.0847 e. The number of hydrogen-bond donors (Lipinski definition) is 2. The minimum Gasteiger partial charge on any atom is -0.393 e. The van der Waals surface area contributed by atoms with Crippen LogP contribution in [-0.2, 0) is 11.3 Å². The monoisotopic (exact) mass is 328 g/mol. The normalized spacial score (nSPS) is 30.8. The lowest BCUT2D eigenvalue weighted by Gasteiger charge is -2.42. The van der Waals surface area contributed by atoms with Crippen LogP contribution in [0.4, 0.5) is 0 Å². The van der Waals surface area contributed by atoms with E-state index in [1.165, 1.54) is 27.7 Å². The lowest BCUT2D eigenvalue weighted by atomic mass is 9.79. The molecule has 4 nitrogen and oxygen atoms in total. The molecule has 24 heavy (non-hydrogen) atoms. The van der Waals surface area contributed by atoms with Crippen molar-refractivity contribution in [1.82, 2.24) is 9.88 Å². The van der Waals surface area contributed by atoms with Gasteiger partial charge in [-0.15, -0.1) is 0 Å². The number of fused-ring (bicyclic) bond motifs is 2. The first kappa shape index (κ1) is 16.1. The second-order valence-corrected chi connectivity index (χ2v) is 7.65. The Bertz CT molecular complexity index is 753. The highest BCUT2D eigenvalue weighted by molar-refractivity contribution is 5.87. The summed E-state index contributed by atoms with van der Waals surface area (Å²) >= 11 is 0. The molecular weight excluding hydrogens is 300 g/mol. The van der Waals surface area contributed by atoms with Crippen LogP contribution >= 0.6 is 0 Å². The van der Waals surface area contributed by atoms with Gasteiger partial charge in [-0.2, -0.15) is 0 Å². The van der Waals surface area contributed by atoms with E-state index in [0.717, 1.165) is 38.8 Å². The third kappa shape index (κ3) is 2.40. The van der Waals surface area contributed by atoms with Gasteiger partial charge < -0.3 is 14.8 Å². The lowest BCUT2D eigenvalue weighted by Crippen LogP contribution is -2.51. The average Bonchev–Trinajstić information content (AvgIpc) is 3.08. The summed E-state index contributed by atoms with van der Waals surface area (Å²) in [6.07, 6.45) is 3.54. The van der Waals surface area contributed by atoms with Gasteiger partial charge in [-0.25, -0.2) is 0 Å². The maximum atomic E-state index is 10.2. The van der Waals surface area contributed by atoms with Gasteiger partial charge in [-0.05, 0) is 50.7 Å². The molecule has 0 bridgehead atoms. The van der Waals surface area contributed by atoms with E-state index in [0.29, 0.717) is 6.04 Å². The van der Waals surface area contributed by atoms with Gasteiger partial charge >= 0.3 is 0 Å². The molecule has 1 saturated heterocycles. The zero-order chi connectivity index (χ0) is 16.9. The number of aliphatic hydroxyl groups is 1. The topological polar surface area (TPSA) is 48.5 Å². The summed E-state index contributed by atoms with van der Waals surface area (Å²) in [5.74, 6) is 0. The molecule has 1 aromatic carbocycles. The number of aromatic amines is 1. The number of methoxy groups -OCH3 is 1. The number of nitrogens with zero attached hydrogens (tertiary/aromatic N) is 1. The molecular formula is C20H28N2O2. The molecule has 2 aromatic rings. The van der Waals surface area contributed by atoms with Crippen LogP contribution in [0.3, 0.4) is 0 Å². The summed E-state index contributed by atoms with van der Waals surface area (Å²) < 4.78 is 5.97. The van der Waals surface area contributed by atoms with Crippen molar-refractivity contribution in [2.45, 2.75) is 63.8 Å². The number of aryl methyl sites for hydroxylation is 2. The molecule has 1 aliphatic heterocycles. The fourth-order valence-corrected chi connectivity index (χ4v) is 4.85. The Kier molecular flexibility index (Phi) is 3.94. The molecule has 0 radical (unpaired) electrons. The van der Waals surface area contributed by atoms with Gasteiger partial charge in [0.15, 0.2) is 0 Å². The molecule has 0 spiro atoms. The number of aromatic nitrogens is 1. The summed E-state index contributed by atoms with van der Waals surface area (Å²) in [5.41, 5.74) is 5.13. The van der Waals surface area contributed by atoms with Gasteiger partial charge in [0.25, 0.3) is 0 Å². The first-order valence-electron chi connectivity index (χ1n) is 9.08. The summed E-state index contributed by atoms with van der Waals surface area (Å²) in [7, 11) is 1.84. The van der Waals surface area contributed by atoms with Crippen LogP contribution in [0.1, 0.15) is 42.5 Å². The average molecular weight is 328 g/mol. The van der Waals surface area contributed by atoms with E-state index >= 15 is 0 Å². The van der Waals surface area contributed by atoms with Gasteiger partial charge in [-0.1, -0.05) is 18.2 Å². The number of H-pyrrole nitrogens is 1. The molecule has 1 saturated carbocycles. The van der Waals surface area contributed by atoms with Gasteiger partial charge in [0.1, 0.15) is 0 Å². The zero-order valence-corrected chi connectivity index (χ0v) is 14.9. The summed E-state index contributed by atoms with van der Waals surface area (Å²) in [4.78, 5) is 6.09. The van der Waals surface area contributed by atoms with E-state index < -0.39 is 0 Å². The second kappa shape index (κ2) is 5.87. The smallest absolute Gasteiger partial charge is 0.0847 e. The molecule has 4 rings (SSSR count). The highest BCUT2D eigenvalue weighted by Crippen LogP contribution is 2.43. The summed E-state index contributed by atoms with van der Waals surface area (Å²) in [6.45, 7) is 6.28. The van der Waals surface area contributed by atoms with Crippen molar-refractivity contribution in [3.8, 4) is 0 Å². The minimum atomic E-state index is -0.190. The van der Waals surface area contributed by atoms with Crippen molar-refractivity contribution < 1.29 is 9.84 Å². The van der Waals surface area contributed by atoms with Crippen molar-refractivity contribution in [3.63, 3.8) is 0 Å². The molecule has 3 atom stereocenters. The fourth-order valence-electron chi connectivity index (χ4n) is 4.85. The highest BCUT2D eigenvalue weighted by atomic mass is 16.5. The first-order valence-corrected chi connectivity index (χ1v) is 9.08. The van der Waals surface area contributed by atoms with E-state index in [2.05, 4.69) is 41.9 Å². The van der Waals surface area contributed by atoms with Crippen molar-refractivity contribution in [1.29, 1.82) is 0 Å². The molecule has 2 heterocycles. The number of aliphatic hydroxyl groups excluding tert-OH is 1. The molecule has 0 amide bonds. The number of ether oxygens (including phenoxy) is 1. The molecule has 1 aromatic heterocycles. The van der Waals surface area contributed by atoms with E-state index in [9.17, 15) is 5.11 Å². The Morgan fingerprint density at radius 2 is 2.17 bits per heavy atom. The van der Waals surface area contributed by atoms with Crippen molar-refractivity contribution in [2.24, 2.45) is 0 Å². The number of nitrogens with one attached hydrogen (secondary N) is 1. The Balaban J connectivity index is 1.65. The van der Waals surface area contributed by atoms with Crippen molar-refractivity contribution in [3.05, 3.63) is 35.0 Å². The van der Waals surface area contributed by atoms with Gasteiger partial charge in [0.2, 0.25) is 0 Å². The van der Waals surface area contributed by atoms with Gasteiger partial charge in [-0.3, -0.25) is 4.90 Å². The number of rotatable bonds is 3. The summed E-state index contributed by atoms with van der Waals surface area (Å²) in [5, 5.41) is 11.5. The van der Waals surface area contributed by atoms with E-state index in [-0.39, 0.29) is 11.7 Å². The lowest BCUT2D eigenvalue weighted by molar-refractivity contribution is -0.0879. The predicted molar refractivity (Wildman–Crippen MR) is 96.2 cm³/mol. The SMILES string of the molecule is CO[C@@]12CC[C@H](O)C[C@@H]1N(Cc1cccc3c(C)c(C)[nH]c13)CC2. The molecule has 2 fully saturated rings. The van der Waals surface area contributed by atoms with Crippen LogP contribution in [0.5, 0.6) is 0 Å². The first-order chi connectivity index (χ1) is 11.5. The predicted octanol–water partition coefficient (Wildman–Crippen LogP) is 3.29. The van der Waals surface area contributed by atoms with Gasteiger partial charge in [0, 0.05) is 37.3 Å². The second-order valence-electron chi connectivity index (χ2n) is 7.65. The highest BCUT2D eigenvalue weighted by Gasteiger charge is 2.50. The van der Waals surface area contributed by atoms with Crippen LogP contribution < -0.4 is 0 Å². The fraction of sp³-hybridized carbons (Fsp3) is 0.600. The molecule has 2 aliphatic rings. The Labute approximate surface area is 143 Å². The quantitative estimate of drug-likeness (QED) is 0.909.